The zero-order valence-corrected chi connectivity index (χ0v) is 10.5. The molecule has 1 aliphatic carbocycles. The molecule has 1 saturated carbocycles. The lowest BCUT2D eigenvalue weighted by atomic mass is 9.90. The van der Waals surface area contributed by atoms with Crippen molar-refractivity contribution in [3.8, 4) is 0 Å². The molecule has 1 amide bonds. The van der Waals surface area contributed by atoms with Gasteiger partial charge in [-0.3, -0.25) is 9.69 Å². The van der Waals surface area contributed by atoms with Crippen LogP contribution in [0.4, 0.5) is 0 Å². The van der Waals surface area contributed by atoms with Crippen molar-refractivity contribution >= 4 is 5.91 Å². The van der Waals surface area contributed by atoms with Crippen LogP contribution < -0.4 is 5.73 Å². The first-order valence-corrected chi connectivity index (χ1v) is 7.03. The second kappa shape index (κ2) is 4.58. The maximum absolute atomic E-state index is 11.6. The minimum absolute atomic E-state index is 0.370. The van der Waals surface area contributed by atoms with Crippen LogP contribution >= 0.6 is 0 Å². The highest BCUT2D eigenvalue weighted by molar-refractivity contribution is 5.78. The Morgan fingerprint density at radius 1 is 1.12 bits per heavy atom. The highest BCUT2D eigenvalue weighted by atomic mass is 16.2. The van der Waals surface area contributed by atoms with Gasteiger partial charge >= 0.3 is 0 Å². The number of fused-ring (bicyclic) bond motifs is 1. The van der Waals surface area contributed by atoms with E-state index in [0.717, 1.165) is 38.9 Å². The number of piperazine rings is 1. The van der Waals surface area contributed by atoms with E-state index < -0.39 is 0 Å². The fourth-order valence-electron chi connectivity index (χ4n) is 3.75. The van der Waals surface area contributed by atoms with E-state index in [4.69, 9.17) is 5.73 Å². The first-order chi connectivity index (χ1) is 8.24. The van der Waals surface area contributed by atoms with Crippen LogP contribution in [0, 0.1) is 0 Å². The molecular formula is C13H23N3O. The first-order valence-electron chi connectivity index (χ1n) is 7.03. The molecule has 96 valence electrons. The fraction of sp³-hybridized carbons (Fsp3) is 0.923. The van der Waals surface area contributed by atoms with Crippen molar-refractivity contribution in [1.29, 1.82) is 0 Å². The Labute approximate surface area is 103 Å². The SMILES string of the molecule is NC1CCCC(N2CCN3C(=O)CCC3C2)C1. The van der Waals surface area contributed by atoms with Crippen LogP contribution in [0.15, 0.2) is 0 Å². The zero-order valence-electron chi connectivity index (χ0n) is 10.5. The van der Waals surface area contributed by atoms with Gasteiger partial charge in [0, 0.05) is 44.2 Å². The fourth-order valence-corrected chi connectivity index (χ4v) is 3.75. The van der Waals surface area contributed by atoms with Crippen molar-refractivity contribution in [1.82, 2.24) is 9.80 Å². The van der Waals surface area contributed by atoms with Gasteiger partial charge in [-0.1, -0.05) is 6.42 Å². The minimum Gasteiger partial charge on any atom is -0.337 e. The van der Waals surface area contributed by atoms with E-state index in [1.807, 2.05) is 0 Å². The summed E-state index contributed by atoms with van der Waals surface area (Å²) in [5, 5.41) is 0. The maximum atomic E-state index is 11.6. The average Bonchev–Trinajstić information content (AvgIpc) is 2.71. The number of rotatable bonds is 1. The van der Waals surface area contributed by atoms with Crippen molar-refractivity contribution in [2.24, 2.45) is 5.73 Å². The second-order valence-electron chi connectivity index (χ2n) is 5.86. The number of hydrogen-bond acceptors (Lipinski definition) is 3. The molecule has 2 heterocycles. The topological polar surface area (TPSA) is 49.6 Å². The lowest BCUT2D eigenvalue weighted by molar-refractivity contribution is -0.131. The molecule has 0 radical (unpaired) electrons. The Morgan fingerprint density at radius 3 is 2.82 bits per heavy atom. The normalized spacial score (nSPS) is 39.5. The molecule has 0 aromatic carbocycles. The second-order valence-corrected chi connectivity index (χ2v) is 5.86. The monoisotopic (exact) mass is 237 g/mol. The Balaban J connectivity index is 1.61. The Morgan fingerprint density at radius 2 is 2.00 bits per heavy atom. The number of nitrogens with zero attached hydrogens (tertiary/aromatic N) is 2. The maximum Gasteiger partial charge on any atom is 0.222 e. The van der Waals surface area contributed by atoms with Gasteiger partial charge in [0.05, 0.1) is 0 Å². The molecule has 3 aliphatic rings. The summed E-state index contributed by atoms with van der Waals surface area (Å²) in [7, 11) is 0. The molecule has 2 aliphatic heterocycles. The van der Waals surface area contributed by atoms with Gasteiger partial charge in [0.1, 0.15) is 0 Å². The van der Waals surface area contributed by atoms with E-state index in [0.29, 0.717) is 24.0 Å². The summed E-state index contributed by atoms with van der Waals surface area (Å²) < 4.78 is 0. The smallest absolute Gasteiger partial charge is 0.222 e. The Kier molecular flexibility index (Phi) is 3.09. The molecule has 0 bridgehead atoms. The lowest BCUT2D eigenvalue weighted by Crippen LogP contribution is -2.55. The number of hydrogen-bond donors (Lipinski definition) is 1. The standard InChI is InChI=1S/C13H23N3O/c14-10-2-1-3-11(8-10)15-6-7-16-12(9-15)4-5-13(16)17/h10-12H,1-9,14H2. The summed E-state index contributed by atoms with van der Waals surface area (Å²) in [6.45, 7) is 3.08. The van der Waals surface area contributed by atoms with Crippen LogP contribution in [0.1, 0.15) is 38.5 Å². The summed E-state index contributed by atoms with van der Waals surface area (Å²) in [5.74, 6) is 0.370. The molecule has 3 fully saturated rings. The van der Waals surface area contributed by atoms with Crippen molar-refractivity contribution in [3.05, 3.63) is 0 Å². The highest BCUT2D eigenvalue weighted by Crippen LogP contribution is 2.28. The van der Waals surface area contributed by atoms with Crippen molar-refractivity contribution in [3.63, 3.8) is 0 Å². The number of amides is 1. The van der Waals surface area contributed by atoms with Gasteiger partial charge < -0.3 is 10.6 Å². The van der Waals surface area contributed by atoms with Crippen LogP contribution in [0.5, 0.6) is 0 Å². The molecule has 2 saturated heterocycles. The van der Waals surface area contributed by atoms with Crippen LogP contribution in [0.2, 0.25) is 0 Å². The van der Waals surface area contributed by atoms with Crippen molar-refractivity contribution < 1.29 is 4.79 Å². The zero-order chi connectivity index (χ0) is 11.8. The number of nitrogens with two attached hydrogens (primary N) is 1. The highest BCUT2D eigenvalue weighted by Gasteiger charge is 2.38. The molecule has 3 rings (SSSR count). The third-order valence-corrected chi connectivity index (χ3v) is 4.73. The molecule has 4 nitrogen and oxygen atoms in total. The predicted octanol–water partition coefficient (Wildman–Crippen LogP) is 0.563. The summed E-state index contributed by atoms with van der Waals surface area (Å²) >= 11 is 0. The number of carbonyl (C=O) groups excluding carboxylic acids is 1. The molecule has 0 aromatic heterocycles. The van der Waals surface area contributed by atoms with E-state index in [1.54, 1.807) is 0 Å². The molecule has 17 heavy (non-hydrogen) atoms. The van der Waals surface area contributed by atoms with Gasteiger partial charge in [-0.2, -0.15) is 0 Å². The molecule has 0 aromatic rings. The van der Waals surface area contributed by atoms with Gasteiger partial charge in [0.15, 0.2) is 0 Å². The third-order valence-electron chi connectivity index (χ3n) is 4.73. The molecule has 2 N–H and O–H groups in total. The minimum atomic E-state index is 0.370. The summed E-state index contributed by atoms with van der Waals surface area (Å²) in [6, 6.07) is 1.57. The first kappa shape index (κ1) is 11.5. The lowest BCUT2D eigenvalue weighted by Gasteiger charge is -2.43. The molecule has 4 heteroatoms. The van der Waals surface area contributed by atoms with Crippen LogP contribution in [0.25, 0.3) is 0 Å². The van der Waals surface area contributed by atoms with E-state index in [2.05, 4.69) is 9.80 Å². The Bertz CT molecular complexity index is 307. The van der Waals surface area contributed by atoms with E-state index in [-0.39, 0.29) is 0 Å². The predicted molar refractivity (Wildman–Crippen MR) is 66.5 cm³/mol. The van der Waals surface area contributed by atoms with Crippen molar-refractivity contribution in [2.75, 3.05) is 19.6 Å². The Hall–Kier alpha value is -0.610. The molecule has 3 unspecified atom stereocenters. The number of carbonyl (C=O) groups is 1. The van der Waals surface area contributed by atoms with E-state index in [9.17, 15) is 4.79 Å². The average molecular weight is 237 g/mol. The van der Waals surface area contributed by atoms with Gasteiger partial charge in [-0.25, -0.2) is 0 Å². The molecule has 0 spiro atoms. The van der Waals surface area contributed by atoms with Gasteiger partial charge in [0.2, 0.25) is 5.91 Å². The van der Waals surface area contributed by atoms with Crippen LogP contribution in [-0.2, 0) is 4.79 Å². The third kappa shape index (κ3) is 2.20. The van der Waals surface area contributed by atoms with Gasteiger partial charge in [0.25, 0.3) is 0 Å². The summed E-state index contributed by atoms with van der Waals surface area (Å²) in [5.41, 5.74) is 6.07. The van der Waals surface area contributed by atoms with Crippen molar-refractivity contribution in [2.45, 2.75) is 56.7 Å². The quantitative estimate of drug-likeness (QED) is 0.725. The summed E-state index contributed by atoms with van der Waals surface area (Å²) in [6.07, 6.45) is 6.75. The van der Waals surface area contributed by atoms with Gasteiger partial charge in [-0.05, 0) is 25.7 Å². The van der Waals surface area contributed by atoms with Crippen LogP contribution in [0.3, 0.4) is 0 Å². The molecular weight excluding hydrogens is 214 g/mol. The molecule has 3 atom stereocenters. The van der Waals surface area contributed by atoms with E-state index in [1.165, 1.54) is 19.3 Å². The largest absolute Gasteiger partial charge is 0.337 e. The summed E-state index contributed by atoms with van der Waals surface area (Å²) in [4.78, 5) is 16.3. The van der Waals surface area contributed by atoms with E-state index >= 15 is 0 Å². The van der Waals surface area contributed by atoms with Crippen LogP contribution in [-0.4, -0.2) is 53.5 Å². The van der Waals surface area contributed by atoms with Gasteiger partial charge in [-0.15, -0.1) is 0 Å².